The molecule has 0 saturated carbocycles. The van der Waals surface area contributed by atoms with Crippen LogP contribution >= 0.6 is 11.8 Å². The van der Waals surface area contributed by atoms with Crippen LogP contribution in [0.2, 0.25) is 0 Å². The van der Waals surface area contributed by atoms with Crippen molar-refractivity contribution in [3.63, 3.8) is 0 Å². The van der Waals surface area contributed by atoms with Crippen molar-refractivity contribution in [2.75, 3.05) is 24.7 Å². The lowest BCUT2D eigenvalue weighted by Crippen LogP contribution is -2.50. The summed E-state index contributed by atoms with van der Waals surface area (Å²) in [5.74, 6) is 2.40. The van der Waals surface area contributed by atoms with Crippen LogP contribution in [0.4, 0.5) is 0 Å². The SMILES string of the molecule is NCC(O)(c1ccccc1)C1CCOC2(CCSC2)C1. The second-order valence-electron chi connectivity index (χ2n) is 6.02. The monoisotopic (exact) mass is 293 g/mol. The van der Waals surface area contributed by atoms with E-state index in [0.717, 1.165) is 37.2 Å². The topological polar surface area (TPSA) is 55.5 Å². The lowest BCUT2D eigenvalue weighted by atomic mass is 9.72. The van der Waals surface area contributed by atoms with E-state index in [1.807, 2.05) is 42.1 Å². The molecule has 1 aromatic rings. The highest BCUT2D eigenvalue weighted by atomic mass is 32.2. The van der Waals surface area contributed by atoms with E-state index in [4.69, 9.17) is 10.5 Å². The van der Waals surface area contributed by atoms with E-state index in [0.29, 0.717) is 0 Å². The quantitative estimate of drug-likeness (QED) is 0.896. The summed E-state index contributed by atoms with van der Waals surface area (Å²) in [5, 5.41) is 11.2. The molecule has 2 aliphatic heterocycles. The normalized spacial score (nSPS) is 33.2. The van der Waals surface area contributed by atoms with Gasteiger partial charge in [0.25, 0.3) is 0 Å². The van der Waals surface area contributed by atoms with Gasteiger partial charge in [0.05, 0.1) is 5.60 Å². The Bertz CT molecular complexity index is 447. The van der Waals surface area contributed by atoms with Crippen LogP contribution < -0.4 is 5.73 Å². The van der Waals surface area contributed by atoms with E-state index < -0.39 is 5.60 Å². The molecule has 20 heavy (non-hydrogen) atoms. The molecule has 2 saturated heterocycles. The van der Waals surface area contributed by atoms with Crippen LogP contribution in [-0.4, -0.2) is 35.4 Å². The summed E-state index contributed by atoms with van der Waals surface area (Å²) < 4.78 is 6.06. The van der Waals surface area contributed by atoms with Crippen LogP contribution in [0.1, 0.15) is 24.8 Å². The van der Waals surface area contributed by atoms with Crippen molar-refractivity contribution in [1.29, 1.82) is 0 Å². The number of ether oxygens (including phenoxy) is 1. The minimum absolute atomic E-state index is 0.0223. The summed E-state index contributed by atoms with van der Waals surface area (Å²) >= 11 is 1.96. The standard InChI is InChI=1S/C16H23NO2S/c17-11-16(18,13-4-2-1-3-5-13)14-6-8-19-15(10-14)7-9-20-12-15/h1-5,14,18H,6-12,17H2. The Kier molecular flexibility index (Phi) is 4.09. The number of thioether (sulfide) groups is 1. The second kappa shape index (κ2) is 5.68. The molecule has 3 atom stereocenters. The zero-order valence-electron chi connectivity index (χ0n) is 11.8. The van der Waals surface area contributed by atoms with Crippen LogP contribution in [0, 0.1) is 5.92 Å². The van der Waals surface area contributed by atoms with Gasteiger partial charge >= 0.3 is 0 Å². The third-order valence-corrected chi connectivity index (χ3v) is 6.04. The van der Waals surface area contributed by atoms with Crippen molar-refractivity contribution in [2.45, 2.75) is 30.5 Å². The average Bonchev–Trinajstić information content (AvgIpc) is 2.95. The number of nitrogens with two attached hydrogens (primary N) is 1. The lowest BCUT2D eigenvalue weighted by Gasteiger charge is -2.45. The molecule has 4 heteroatoms. The summed E-state index contributed by atoms with van der Waals surface area (Å²) in [6.07, 6.45) is 2.90. The van der Waals surface area contributed by atoms with E-state index in [-0.39, 0.29) is 18.1 Å². The molecular weight excluding hydrogens is 270 g/mol. The van der Waals surface area contributed by atoms with E-state index in [1.165, 1.54) is 5.75 Å². The minimum Gasteiger partial charge on any atom is -0.384 e. The molecule has 0 aliphatic carbocycles. The molecule has 3 nitrogen and oxygen atoms in total. The van der Waals surface area contributed by atoms with Gasteiger partial charge in [-0.25, -0.2) is 0 Å². The summed E-state index contributed by atoms with van der Waals surface area (Å²) in [7, 11) is 0. The molecule has 110 valence electrons. The van der Waals surface area contributed by atoms with Crippen molar-refractivity contribution in [2.24, 2.45) is 11.7 Å². The van der Waals surface area contributed by atoms with E-state index >= 15 is 0 Å². The molecule has 3 unspecified atom stereocenters. The highest BCUT2D eigenvalue weighted by Crippen LogP contribution is 2.45. The van der Waals surface area contributed by atoms with Crippen molar-refractivity contribution >= 4 is 11.8 Å². The smallest absolute Gasteiger partial charge is 0.105 e. The van der Waals surface area contributed by atoms with Gasteiger partial charge in [-0.2, -0.15) is 11.8 Å². The molecule has 2 heterocycles. The molecule has 0 radical (unpaired) electrons. The van der Waals surface area contributed by atoms with Crippen LogP contribution in [0.5, 0.6) is 0 Å². The van der Waals surface area contributed by atoms with Gasteiger partial charge in [0.15, 0.2) is 0 Å². The fourth-order valence-electron chi connectivity index (χ4n) is 3.55. The number of benzene rings is 1. The molecule has 2 fully saturated rings. The molecule has 0 amide bonds. The number of hydrogen-bond acceptors (Lipinski definition) is 4. The predicted octanol–water partition coefficient (Wildman–Crippen LogP) is 2.14. The van der Waals surface area contributed by atoms with Crippen molar-refractivity contribution in [3.8, 4) is 0 Å². The Balaban J connectivity index is 1.85. The van der Waals surface area contributed by atoms with E-state index in [2.05, 4.69) is 0 Å². The largest absolute Gasteiger partial charge is 0.384 e. The molecule has 1 aromatic carbocycles. The number of aliphatic hydroxyl groups is 1. The Morgan fingerprint density at radius 2 is 2.20 bits per heavy atom. The van der Waals surface area contributed by atoms with Gasteiger partial charge < -0.3 is 15.6 Å². The summed E-state index contributed by atoms with van der Waals surface area (Å²) in [6.45, 7) is 1.01. The molecule has 3 rings (SSSR count). The molecule has 0 aromatic heterocycles. The van der Waals surface area contributed by atoms with Gasteiger partial charge in [0, 0.05) is 18.9 Å². The molecule has 3 N–H and O–H groups in total. The number of rotatable bonds is 3. The van der Waals surface area contributed by atoms with Crippen LogP contribution in [0.3, 0.4) is 0 Å². The molecule has 1 spiro atoms. The second-order valence-corrected chi connectivity index (χ2v) is 7.12. The first kappa shape index (κ1) is 14.4. The van der Waals surface area contributed by atoms with Crippen LogP contribution in [0.25, 0.3) is 0 Å². The van der Waals surface area contributed by atoms with Gasteiger partial charge in [-0.05, 0) is 36.5 Å². The van der Waals surface area contributed by atoms with Crippen molar-refractivity contribution in [1.82, 2.24) is 0 Å². The third-order valence-electron chi connectivity index (χ3n) is 4.82. The van der Waals surface area contributed by atoms with Gasteiger partial charge in [-0.3, -0.25) is 0 Å². The average molecular weight is 293 g/mol. The fourth-order valence-corrected chi connectivity index (χ4v) is 4.92. The summed E-state index contributed by atoms with van der Waals surface area (Å²) in [5.41, 5.74) is 5.95. The maximum atomic E-state index is 11.2. The van der Waals surface area contributed by atoms with Gasteiger partial charge in [0.1, 0.15) is 5.60 Å². The van der Waals surface area contributed by atoms with Crippen molar-refractivity contribution < 1.29 is 9.84 Å². The molecular formula is C16H23NO2S. The van der Waals surface area contributed by atoms with E-state index in [1.54, 1.807) is 0 Å². The maximum Gasteiger partial charge on any atom is 0.105 e. The first-order valence-electron chi connectivity index (χ1n) is 7.38. The zero-order chi connectivity index (χ0) is 14.1. The zero-order valence-corrected chi connectivity index (χ0v) is 12.6. The van der Waals surface area contributed by atoms with Crippen LogP contribution in [-0.2, 0) is 10.3 Å². The first-order valence-corrected chi connectivity index (χ1v) is 8.54. The number of hydrogen-bond donors (Lipinski definition) is 2. The third kappa shape index (κ3) is 2.50. The fraction of sp³-hybridized carbons (Fsp3) is 0.625. The lowest BCUT2D eigenvalue weighted by molar-refractivity contribution is -0.132. The Hall–Kier alpha value is -0.550. The Morgan fingerprint density at radius 1 is 1.40 bits per heavy atom. The summed E-state index contributed by atoms with van der Waals surface area (Å²) in [4.78, 5) is 0. The van der Waals surface area contributed by atoms with Gasteiger partial charge in [-0.15, -0.1) is 0 Å². The van der Waals surface area contributed by atoms with E-state index in [9.17, 15) is 5.11 Å². The highest BCUT2D eigenvalue weighted by Gasteiger charge is 2.47. The Labute approximate surface area is 124 Å². The van der Waals surface area contributed by atoms with Crippen LogP contribution in [0.15, 0.2) is 30.3 Å². The van der Waals surface area contributed by atoms with Crippen molar-refractivity contribution in [3.05, 3.63) is 35.9 Å². The maximum absolute atomic E-state index is 11.2. The summed E-state index contributed by atoms with van der Waals surface area (Å²) in [6, 6.07) is 9.88. The minimum atomic E-state index is -0.925. The van der Waals surface area contributed by atoms with Gasteiger partial charge in [-0.1, -0.05) is 30.3 Å². The highest BCUT2D eigenvalue weighted by molar-refractivity contribution is 7.99. The molecule has 2 aliphatic rings. The first-order chi connectivity index (χ1) is 9.69. The molecule has 0 bridgehead atoms. The van der Waals surface area contributed by atoms with Gasteiger partial charge in [0.2, 0.25) is 0 Å². The Morgan fingerprint density at radius 3 is 2.85 bits per heavy atom. The predicted molar refractivity (Wildman–Crippen MR) is 82.7 cm³/mol.